The number of nitrogen functional groups attached to an aromatic ring is 1. The van der Waals surface area contributed by atoms with Crippen LogP contribution in [0, 0.1) is 5.82 Å². The van der Waals surface area contributed by atoms with Crippen LogP contribution in [-0.2, 0) is 5.75 Å². The van der Waals surface area contributed by atoms with Crippen LogP contribution in [-0.4, -0.2) is 7.11 Å². The smallest absolute Gasteiger partial charge is 0.126 e. The van der Waals surface area contributed by atoms with Crippen LogP contribution in [0.2, 0.25) is 0 Å². The van der Waals surface area contributed by atoms with E-state index in [0.717, 1.165) is 33.2 Å². The van der Waals surface area contributed by atoms with Gasteiger partial charge >= 0.3 is 0 Å². The van der Waals surface area contributed by atoms with Gasteiger partial charge in [0, 0.05) is 21.9 Å². The highest BCUT2D eigenvalue weighted by atomic mass is 32.2. The minimum Gasteiger partial charge on any atom is -0.496 e. The van der Waals surface area contributed by atoms with E-state index in [-0.39, 0.29) is 5.82 Å². The summed E-state index contributed by atoms with van der Waals surface area (Å²) in [4.78, 5) is 1.04. The number of nitrogens with two attached hydrogens (primary N) is 1. The maximum atomic E-state index is 13.0. The van der Waals surface area contributed by atoms with Crippen molar-refractivity contribution >= 4 is 17.4 Å². The summed E-state index contributed by atoms with van der Waals surface area (Å²) in [7, 11) is 1.66. The molecular weight excluding hydrogens is 321 g/mol. The molecule has 0 amide bonds. The Morgan fingerprint density at radius 3 is 2.50 bits per heavy atom. The zero-order valence-electron chi connectivity index (χ0n) is 13.3. The van der Waals surface area contributed by atoms with Crippen molar-refractivity contribution in [1.29, 1.82) is 0 Å². The van der Waals surface area contributed by atoms with Crippen molar-refractivity contribution in [3.63, 3.8) is 0 Å². The first-order valence-corrected chi connectivity index (χ1v) is 8.55. The van der Waals surface area contributed by atoms with Crippen LogP contribution in [0.5, 0.6) is 5.75 Å². The lowest BCUT2D eigenvalue weighted by atomic mass is 10.0. The van der Waals surface area contributed by atoms with Crippen LogP contribution in [0.15, 0.2) is 71.6 Å². The third-order valence-corrected chi connectivity index (χ3v) is 4.76. The largest absolute Gasteiger partial charge is 0.496 e. The van der Waals surface area contributed by atoms with E-state index in [2.05, 4.69) is 6.07 Å². The molecule has 0 spiro atoms. The second-order valence-electron chi connectivity index (χ2n) is 5.40. The Morgan fingerprint density at radius 2 is 1.79 bits per heavy atom. The van der Waals surface area contributed by atoms with E-state index < -0.39 is 0 Å². The molecule has 0 fully saturated rings. The van der Waals surface area contributed by atoms with Crippen LogP contribution >= 0.6 is 11.8 Å². The average molecular weight is 339 g/mol. The molecule has 0 radical (unpaired) electrons. The lowest BCUT2D eigenvalue weighted by molar-refractivity contribution is 0.416. The zero-order chi connectivity index (χ0) is 16.9. The molecule has 24 heavy (non-hydrogen) atoms. The second kappa shape index (κ2) is 7.41. The van der Waals surface area contributed by atoms with E-state index in [9.17, 15) is 4.39 Å². The Morgan fingerprint density at radius 1 is 1.00 bits per heavy atom. The summed E-state index contributed by atoms with van der Waals surface area (Å²) in [6.07, 6.45) is 0. The first kappa shape index (κ1) is 16.4. The van der Waals surface area contributed by atoms with Crippen molar-refractivity contribution < 1.29 is 9.13 Å². The summed E-state index contributed by atoms with van der Waals surface area (Å²) in [5, 5.41) is 0. The molecule has 2 N–H and O–H groups in total. The predicted octanol–water partition coefficient (Wildman–Crippen LogP) is 5.38. The molecular formula is C20H18FNOS. The number of methoxy groups -OCH3 is 1. The highest BCUT2D eigenvalue weighted by Gasteiger charge is 2.08. The van der Waals surface area contributed by atoms with E-state index in [4.69, 9.17) is 10.5 Å². The number of ether oxygens (including phenoxy) is 1. The molecule has 0 saturated carbocycles. The quantitative estimate of drug-likeness (QED) is 0.501. The minimum absolute atomic E-state index is 0.215. The Labute approximate surface area is 145 Å². The second-order valence-corrected chi connectivity index (χ2v) is 6.45. The van der Waals surface area contributed by atoms with Crippen LogP contribution in [0.1, 0.15) is 5.56 Å². The molecule has 122 valence electrons. The SMILES string of the molecule is COc1ccc(CSc2ccc(F)cc2)cc1-c1cccc(N)c1. The molecule has 0 bridgehead atoms. The number of benzene rings is 3. The van der Waals surface area contributed by atoms with Crippen LogP contribution in [0.4, 0.5) is 10.1 Å². The summed E-state index contributed by atoms with van der Waals surface area (Å²) < 4.78 is 18.5. The normalized spacial score (nSPS) is 10.6. The molecule has 0 saturated heterocycles. The maximum Gasteiger partial charge on any atom is 0.126 e. The summed E-state index contributed by atoms with van der Waals surface area (Å²) in [6.45, 7) is 0. The molecule has 0 aliphatic carbocycles. The van der Waals surface area contributed by atoms with E-state index in [1.54, 1.807) is 31.0 Å². The van der Waals surface area contributed by atoms with Crippen LogP contribution in [0.25, 0.3) is 11.1 Å². The van der Waals surface area contributed by atoms with Crippen molar-refractivity contribution in [2.24, 2.45) is 0 Å². The molecule has 0 heterocycles. The fraction of sp³-hybridized carbons (Fsp3) is 0.100. The van der Waals surface area contributed by atoms with Gasteiger partial charge in [0.25, 0.3) is 0 Å². The standard InChI is InChI=1S/C20H18FNOS/c1-23-20-10-5-14(13-24-18-8-6-16(21)7-9-18)11-19(20)15-3-2-4-17(22)12-15/h2-12H,13,22H2,1H3. The number of hydrogen-bond donors (Lipinski definition) is 1. The fourth-order valence-electron chi connectivity index (χ4n) is 2.47. The predicted molar refractivity (Wildman–Crippen MR) is 98.8 cm³/mol. The summed E-state index contributed by atoms with van der Waals surface area (Å²) >= 11 is 1.67. The molecule has 3 aromatic rings. The topological polar surface area (TPSA) is 35.2 Å². The Kier molecular flexibility index (Phi) is 5.06. The monoisotopic (exact) mass is 339 g/mol. The van der Waals surface area contributed by atoms with Gasteiger partial charge in [-0.15, -0.1) is 11.8 Å². The minimum atomic E-state index is -0.215. The van der Waals surface area contributed by atoms with Crippen molar-refractivity contribution in [1.82, 2.24) is 0 Å². The van der Waals surface area contributed by atoms with E-state index in [1.165, 1.54) is 17.7 Å². The number of thioether (sulfide) groups is 1. The van der Waals surface area contributed by atoms with Crippen molar-refractivity contribution in [2.75, 3.05) is 12.8 Å². The summed E-state index contributed by atoms with van der Waals surface area (Å²) in [5.41, 5.74) is 9.83. The first-order chi connectivity index (χ1) is 11.7. The van der Waals surface area contributed by atoms with E-state index >= 15 is 0 Å². The Bertz CT molecular complexity index is 833. The van der Waals surface area contributed by atoms with E-state index in [1.807, 2.05) is 36.4 Å². The Balaban J connectivity index is 1.84. The summed E-state index contributed by atoms with van der Waals surface area (Å²) in [5.74, 6) is 1.40. The third-order valence-electron chi connectivity index (χ3n) is 3.68. The fourth-order valence-corrected chi connectivity index (χ4v) is 3.32. The van der Waals surface area contributed by atoms with Crippen LogP contribution < -0.4 is 10.5 Å². The zero-order valence-corrected chi connectivity index (χ0v) is 14.1. The number of hydrogen-bond acceptors (Lipinski definition) is 3. The maximum absolute atomic E-state index is 13.0. The number of rotatable bonds is 5. The molecule has 2 nitrogen and oxygen atoms in total. The third kappa shape index (κ3) is 3.89. The van der Waals surface area contributed by atoms with Crippen molar-refractivity contribution in [2.45, 2.75) is 10.6 Å². The molecule has 3 aromatic carbocycles. The molecule has 4 heteroatoms. The highest BCUT2D eigenvalue weighted by molar-refractivity contribution is 7.98. The lowest BCUT2D eigenvalue weighted by Gasteiger charge is -2.12. The lowest BCUT2D eigenvalue weighted by Crippen LogP contribution is -1.92. The average Bonchev–Trinajstić information content (AvgIpc) is 2.61. The first-order valence-electron chi connectivity index (χ1n) is 7.57. The van der Waals surface area contributed by atoms with Gasteiger partial charge in [-0.3, -0.25) is 0 Å². The van der Waals surface area contributed by atoms with Gasteiger partial charge in [-0.05, 0) is 59.7 Å². The number of halogens is 1. The molecule has 0 aliphatic heterocycles. The van der Waals surface area contributed by atoms with Crippen LogP contribution in [0.3, 0.4) is 0 Å². The highest BCUT2D eigenvalue weighted by Crippen LogP contribution is 2.33. The number of anilines is 1. The van der Waals surface area contributed by atoms with Crippen molar-refractivity contribution in [3.8, 4) is 16.9 Å². The van der Waals surface area contributed by atoms with Gasteiger partial charge in [-0.2, -0.15) is 0 Å². The van der Waals surface area contributed by atoms with Gasteiger partial charge in [0.05, 0.1) is 7.11 Å². The summed E-state index contributed by atoms with van der Waals surface area (Å²) in [6, 6.07) is 20.4. The molecule has 0 aromatic heterocycles. The van der Waals surface area contributed by atoms with Gasteiger partial charge in [0.15, 0.2) is 0 Å². The molecule has 0 atom stereocenters. The van der Waals surface area contributed by atoms with E-state index in [0.29, 0.717) is 0 Å². The van der Waals surface area contributed by atoms with Gasteiger partial charge in [-0.1, -0.05) is 18.2 Å². The molecule has 3 rings (SSSR count). The van der Waals surface area contributed by atoms with Gasteiger partial charge in [0.1, 0.15) is 11.6 Å². The molecule has 0 aliphatic rings. The molecule has 0 unspecified atom stereocenters. The van der Waals surface area contributed by atoms with Gasteiger partial charge in [0.2, 0.25) is 0 Å². The van der Waals surface area contributed by atoms with Crippen molar-refractivity contribution in [3.05, 3.63) is 78.1 Å². The van der Waals surface area contributed by atoms with Gasteiger partial charge < -0.3 is 10.5 Å². The van der Waals surface area contributed by atoms with Gasteiger partial charge in [-0.25, -0.2) is 4.39 Å². The Hall–Kier alpha value is -2.46.